The number of carboxylic acids is 1. The monoisotopic (exact) mass is 366 g/mol. The van der Waals surface area contributed by atoms with E-state index in [0.29, 0.717) is 5.57 Å². The van der Waals surface area contributed by atoms with E-state index in [9.17, 15) is 4.79 Å². The summed E-state index contributed by atoms with van der Waals surface area (Å²) in [5.74, 6) is -0.723. The third-order valence-electron chi connectivity index (χ3n) is 5.25. The second kappa shape index (κ2) is 20.5. The van der Waals surface area contributed by atoms with E-state index in [1.807, 2.05) is 6.08 Å². The van der Waals surface area contributed by atoms with Crippen molar-refractivity contribution in [2.24, 2.45) is 0 Å². The van der Waals surface area contributed by atoms with E-state index in [0.717, 1.165) is 25.7 Å². The highest BCUT2D eigenvalue weighted by Crippen LogP contribution is 2.15. The quantitative estimate of drug-likeness (QED) is 0.173. The second-order valence-corrected chi connectivity index (χ2v) is 7.88. The molecule has 0 atom stereocenters. The Labute approximate surface area is 163 Å². The van der Waals surface area contributed by atoms with Crippen LogP contribution < -0.4 is 0 Å². The van der Waals surface area contributed by atoms with Crippen molar-refractivity contribution in [2.75, 3.05) is 0 Å². The minimum absolute atomic E-state index is 0.622. The predicted octanol–water partition coefficient (Wildman–Crippen LogP) is 8.45. The molecule has 0 bridgehead atoms. The highest BCUT2D eigenvalue weighted by molar-refractivity contribution is 5.86. The molecule has 0 amide bonds. The van der Waals surface area contributed by atoms with Crippen LogP contribution in [0.3, 0.4) is 0 Å². The summed E-state index contributed by atoms with van der Waals surface area (Å²) in [5, 5.41) is 9.16. The van der Waals surface area contributed by atoms with Crippen LogP contribution in [0.5, 0.6) is 0 Å². The minimum Gasteiger partial charge on any atom is -0.478 e. The number of rotatable bonds is 20. The maximum atomic E-state index is 11.1. The zero-order chi connectivity index (χ0) is 19.3. The van der Waals surface area contributed by atoms with Crippen LogP contribution in [-0.4, -0.2) is 11.1 Å². The van der Waals surface area contributed by atoms with E-state index in [-0.39, 0.29) is 0 Å². The van der Waals surface area contributed by atoms with E-state index >= 15 is 0 Å². The van der Waals surface area contributed by atoms with Crippen molar-refractivity contribution < 1.29 is 9.90 Å². The molecule has 0 aliphatic heterocycles. The molecule has 0 aliphatic carbocycles. The van der Waals surface area contributed by atoms with Gasteiger partial charge in [-0.2, -0.15) is 0 Å². The van der Waals surface area contributed by atoms with Crippen molar-refractivity contribution in [2.45, 2.75) is 136 Å². The van der Waals surface area contributed by atoms with Crippen LogP contribution in [-0.2, 0) is 4.79 Å². The first-order valence-corrected chi connectivity index (χ1v) is 11.6. The smallest absolute Gasteiger partial charge is 0.331 e. The predicted molar refractivity (Wildman–Crippen MR) is 115 cm³/mol. The van der Waals surface area contributed by atoms with E-state index in [1.54, 1.807) is 0 Å². The Balaban J connectivity index is 3.27. The van der Waals surface area contributed by atoms with E-state index in [1.165, 1.54) is 96.3 Å². The molecule has 0 saturated heterocycles. The van der Waals surface area contributed by atoms with Gasteiger partial charge in [-0.1, -0.05) is 123 Å². The van der Waals surface area contributed by atoms with Crippen LogP contribution in [0.2, 0.25) is 0 Å². The highest BCUT2D eigenvalue weighted by atomic mass is 16.4. The number of allylic oxidation sites excluding steroid dienone is 1. The average Bonchev–Trinajstić information content (AvgIpc) is 2.63. The number of carboxylic acid groups (broad SMARTS) is 1. The standard InChI is InChI=1S/C24H46O2/c1-3-5-7-8-9-10-11-12-13-14-15-16-17-18-19-20-22-23(24(25)26)21-6-4-2/h21H,3-20,22H2,1-2H3,(H,25,26). The molecule has 0 aromatic heterocycles. The summed E-state index contributed by atoms with van der Waals surface area (Å²) in [5.41, 5.74) is 0.622. The maximum absolute atomic E-state index is 11.1. The molecule has 0 saturated carbocycles. The van der Waals surface area contributed by atoms with E-state index < -0.39 is 5.97 Å². The molecule has 0 heterocycles. The zero-order valence-electron chi connectivity index (χ0n) is 17.9. The lowest BCUT2D eigenvalue weighted by Gasteiger charge is -2.04. The lowest BCUT2D eigenvalue weighted by atomic mass is 10.0. The van der Waals surface area contributed by atoms with Crippen LogP contribution in [0.25, 0.3) is 0 Å². The SMILES string of the molecule is CCCC=C(CCCCCCCCCCCCCCCCCC)C(=O)O. The van der Waals surface area contributed by atoms with Gasteiger partial charge in [-0.15, -0.1) is 0 Å². The molecular formula is C24H46O2. The molecule has 0 spiro atoms. The fourth-order valence-electron chi connectivity index (χ4n) is 3.48. The van der Waals surface area contributed by atoms with Crippen LogP contribution in [0.1, 0.15) is 136 Å². The number of hydrogen-bond donors (Lipinski definition) is 1. The van der Waals surface area contributed by atoms with Gasteiger partial charge in [-0.25, -0.2) is 4.79 Å². The summed E-state index contributed by atoms with van der Waals surface area (Å²) in [7, 11) is 0. The molecule has 0 aliphatic rings. The third-order valence-corrected chi connectivity index (χ3v) is 5.25. The first kappa shape index (κ1) is 25.2. The molecule has 26 heavy (non-hydrogen) atoms. The topological polar surface area (TPSA) is 37.3 Å². The third kappa shape index (κ3) is 18.0. The molecular weight excluding hydrogens is 320 g/mol. The van der Waals surface area contributed by atoms with Gasteiger partial charge in [0.1, 0.15) is 0 Å². The summed E-state index contributed by atoms with van der Waals surface area (Å²) >= 11 is 0. The Morgan fingerprint density at radius 1 is 0.615 bits per heavy atom. The first-order valence-electron chi connectivity index (χ1n) is 11.6. The van der Waals surface area contributed by atoms with Crippen molar-refractivity contribution in [1.29, 1.82) is 0 Å². The van der Waals surface area contributed by atoms with E-state index in [4.69, 9.17) is 5.11 Å². The first-order chi connectivity index (χ1) is 12.7. The summed E-state index contributed by atoms with van der Waals surface area (Å²) in [4.78, 5) is 11.1. The fraction of sp³-hybridized carbons (Fsp3) is 0.875. The normalized spacial score (nSPS) is 11.8. The fourth-order valence-corrected chi connectivity index (χ4v) is 3.48. The summed E-state index contributed by atoms with van der Waals surface area (Å²) < 4.78 is 0. The van der Waals surface area contributed by atoms with Crippen molar-refractivity contribution >= 4 is 5.97 Å². The molecule has 1 N–H and O–H groups in total. The zero-order valence-corrected chi connectivity index (χ0v) is 17.9. The van der Waals surface area contributed by atoms with Crippen molar-refractivity contribution in [3.05, 3.63) is 11.6 Å². The largest absolute Gasteiger partial charge is 0.478 e. The molecule has 2 heteroatoms. The lowest BCUT2D eigenvalue weighted by molar-refractivity contribution is -0.132. The molecule has 0 aromatic carbocycles. The summed E-state index contributed by atoms with van der Waals surface area (Å²) in [6.45, 7) is 4.37. The van der Waals surface area contributed by atoms with Crippen molar-refractivity contribution in [3.63, 3.8) is 0 Å². The molecule has 0 unspecified atom stereocenters. The second-order valence-electron chi connectivity index (χ2n) is 7.88. The van der Waals surface area contributed by atoms with Crippen LogP contribution in [0.4, 0.5) is 0 Å². The molecule has 0 rings (SSSR count). The summed E-state index contributed by atoms with van der Waals surface area (Å²) in [6, 6.07) is 0. The van der Waals surface area contributed by atoms with Gasteiger partial charge in [-0.05, 0) is 19.3 Å². The number of carbonyl (C=O) groups is 1. The maximum Gasteiger partial charge on any atom is 0.331 e. The van der Waals surface area contributed by atoms with Gasteiger partial charge in [0.15, 0.2) is 0 Å². The van der Waals surface area contributed by atoms with Crippen LogP contribution in [0, 0.1) is 0 Å². The number of hydrogen-bond acceptors (Lipinski definition) is 1. The van der Waals surface area contributed by atoms with Crippen molar-refractivity contribution in [1.82, 2.24) is 0 Å². The van der Waals surface area contributed by atoms with Crippen molar-refractivity contribution in [3.8, 4) is 0 Å². The van der Waals surface area contributed by atoms with E-state index in [2.05, 4.69) is 13.8 Å². The van der Waals surface area contributed by atoms with Gasteiger partial charge in [0.05, 0.1) is 0 Å². The number of unbranched alkanes of at least 4 members (excludes halogenated alkanes) is 16. The lowest BCUT2D eigenvalue weighted by Crippen LogP contribution is -2.00. The van der Waals surface area contributed by atoms with Gasteiger partial charge < -0.3 is 5.11 Å². The van der Waals surface area contributed by atoms with Gasteiger partial charge >= 0.3 is 5.97 Å². The van der Waals surface area contributed by atoms with Gasteiger partial charge in [-0.3, -0.25) is 0 Å². The molecule has 0 fully saturated rings. The van der Waals surface area contributed by atoms with Gasteiger partial charge in [0.25, 0.3) is 0 Å². The Morgan fingerprint density at radius 3 is 1.35 bits per heavy atom. The molecule has 154 valence electrons. The van der Waals surface area contributed by atoms with Gasteiger partial charge in [0, 0.05) is 5.57 Å². The highest BCUT2D eigenvalue weighted by Gasteiger charge is 2.05. The Kier molecular flexibility index (Phi) is 19.9. The average molecular weight is 367 g/mol. The molecule has 0 radical (unpaired) electrons. The van der Waals surface area contributed by atoms with Crippen LogP contribution >= 0.6 is 0 Å². The Bertz CT molecular complexity index is 333. The minimum atomic E-state index is -0.723. The van der Waals surface area contributed by atoms with Gasteiger partial charge in [0.2, 0.25) is 0 Å². The Morgan fingerprint density at radius 2 is 1.00 bits per heavy atom. The Hall–Kier alpha value is -0.790. The molecule has 0 aromatic rings. The number of aliphatic carboxylic acids is 1. The summed E-state index contributed by atoms with van der Waals surface area (Å²) in [6.07, 6.45) is 26.3. The van der Waals surface area contributed by atoms with Crippen LogP contribution in [0.15, 0.2) is 11.6 Å². The molecule has 2 nitrogen and oxygen atoms in total.